The zero-order chi connectivity index (χ0) is 14.1. The predicted octanol–water partition coefficient (Wildman–Crippen LogP) is 2.34. The lowest BCUT2D eigenvalue weighted by molar-refractivity contribution is 0.0776. The molecular formula is C15H23N3OS. The third-order valence-electron chi connectivity index (χ3n) is 4.52. The third-order valence-corrected chi connectivity index (χ3v) is 5.58. The maximum absolute atomic E-state index is 12.5. The van der Waals surface area contributed by atoms with E-state index in [9.17, 15) is 4.79 Å². The highest BCUT2D eigenvalue weighted by atomic mass is 32.1. The molecule has 2 N–H and O–H groups in total. The van der Waals surface area contributed by atoms with Gasteiger partial charge < -0.3 is 10.6 Å². The van der Waals surface area contributed by atoms with E-state index >= 15 is 0 Å². The summed E-state index contributed by atoms with van der Waals surface area (Å²) in [6.07, 6.45) is 5.10. The van der Waals surface area contributed by atoms with Gasteiger partial charge in [0, 0.05) is 29.7 Å². The number of nitrogens with zero attached hydrogens (tertiary/aromatic N) is 2. The van der Waals surface area contributed by atoms with Gasteiger partial charge >= 0.3 is 0 Å². The zero-order valence-corrected chi connectivity index (χ0v) is 12.9. The fourth-order valence-corrected chi connectivity index (χ4v) is 4.17. The van der Waals surface area contributed by atoms with Crippen LogP contribution in [0.15, 0.2) is 6.07 Å². The lowest BCUT2D eigenvalue weighted by atomic mass is 10.1. The van der Waals surface area contributed by atoms with Crippen LogP contribution in [0.25, 0.3) is 0 Å². The van der Waals surface area contributed by atoms with Crippen molar-refractivity contribution in [2.75, 3.05) is 31.9 Å². The second kappa shape index (κ2) is 5.74. The first kappa shape index (κ1) is 13.9. The number of thiophene rings is 1. The van der Waals surface area contributed by atoms with E-state index in [2.05, 4.69) is 4.90 Å². The Labute approximate surface area is 124 Å². The van der Waals surface area contributed by atoms with Crippen LogP contribution >= 0.6 is 11.3 Å². The lowest BCUT2D eigenvalue weighted by Crippen LogP contribution is -2.41. The Kier molecular flexibility index (Phi) is 3.98. The van der Waals surface area contributed by atoms with Crippen LogP contribution in [-0.4, -0.2) is 47.9 Å². The Morgan fingerprint density at radius 2 is 2.05 bits per heavy atom. The number of nitrogen functional groups attached to an aromatic ring is 1. The number of aryl methyl sites for hydroxylation is 1. The van der Waals surface area contributed by atoms with Crippen LogP contribution in [0.1, 0.15) is 40.2 Å². The van der Waals surface area contributed by atoms with Crippen molar-refractivity contribution >= 4 is 22.9 Å². The van der Waals surface area contributed by atoms with E-state index in [0.717, 1.165) is 35.0 Å². The minimum absolute atomic E-state index is 0.161. The summed E-state index contributed by atoms with van der Waals surface area (Å²) in [6, 6.07) is 2.40. The van der Waals surface area contributed by atoms with Crippen molar-refractivity contribution < 1.29 is 4.79 Å². The number of rotatable bonds is 2. The minimum Gasteiger partial charge on any atom is -0.398 e. The average Bonchev–Trinajstić information content (AvgIpc) is 3.07. The number of amides is 1. The zero-order valence-electron chi connectivity index (χ0n) is 12.1. The van der Waals surface area contributed by atoms with Crippen molar-refractivity contribution in [2.45, 2.75) is 38.6 Å². The number of carbonyl (C=O) groups is 1. The number of hydrogen-bond acceptors (Lipinski definition) is 4. The van der Waals surface area contributed by atoms with Crippen LogP contribution in [-0.2, 0) is 0 Å². The normalized spacial score (nSPS) is 24.2. The molecule has 3 heterocycles. The average molecular weight is 293 g/mol. The Morgan fingerprint density at radius 3 is 2.70 bits per heavy atom. The SMILES string of the molecule is Cc1sc(C(=O)N2CCC(N3CCCCC3)C2)cc1N. The fourth-order valence-electron chi connectivity index (χ4n) is 3.27. The molecule has 1 aromatic heterocycles. The number of hydrogen-bond donors (Lipinski definition) is 1. The van der Waals surface area contributed by atoms with Gasteiger partial charge in [0.05, 0.1) is 4.88 Å². The second-order valence-electron chi connectivity index (χ2n) is 5.91. The Morgan fingerprint density at radius 1 is 1.30 bits per heavy atom. The highest BCUT2D eigenvalue weighted by Crippen LogP contribution is 2.27. The molecular weight excluding hydrogens is 270 g/mol. The van der Waals surface area contributed by atoms with Gasteiger partial charge in [0.25, 0.3) is 5.91 Å². The number of anilines is 1. The standard InChI is InChI=1S/C15H23N3OS/c1-11-13(16)9-14(20-11)15(19)18-8-5-12(10-18)17-6-3-2-4-7-17/h9,12H,2-8,10,16H2,1H3. The van der Waals surface area contributed by atoms with Crippen molar-refractivity contribution in [1.29, 1.82) is 0 Å². The molecule has 1 unspecified atom stereocenters. The summed E-state index contributed by atoms with van der Waals surface area (Å²) in [7, 11) is 0. The highest BCUT2D eigenvalue weighted by molar-refractivity contribution is 7.14. The summed E-state index contributed by atoms with van der Waals surface area (Å²) in [5, 5.41) is 0. The summed E-state index contributed by atoms with van der Waals surface area (Å²) in [4.78, 5) is 18.9. The van der Waals surface area contributed by atoms with E-state index < -0.39 is 0 Å². The monoisotopic (exact) mass is 293 g/mol. The van der Waals surface area contributed by atoms with Gasteiger partial charge in [0.1, 0.15) is 0 Å². The minimum atomic E-state index is 0.161. The van der Waals surface area contributed by atoms with Crippen molar-refractivity contribution in [3.8, 4) is 0 Å². The Balaban J connectivity index is 1.63. The molecule has 5 heteroatoms. The summed E-state index contributed by atoms with van der Waals surface area (Å²) in [5.74, 6) is 0.161. The van der Waals surface area contributed by atoms with Crippen molar-refractivity contribution in [3.05, 3.63) is 15.8 Å². The number of carbonyl (C=O) groups excluding carboxylic acids is 1. The lowest BCUT2D eigenvalue weighted by Gasteiger charge is -2.32. The quantitative estimate of drug-likeness (QED) is 0.910. The smallest absolute Gasteiger partial charge is 0.264 e. The van der Waals surface area contributed by atoms with Crippen LogP contribution in [0.4, 0.5) is 5.69 Å². The van der Waals surface area contributed by atoms with Crippen molar-refractivity contribution in [2.24, 2.45) is 0 Å². The maximum atomic E-state index is 12.5. The predicted molar refractivity (Wildman–Crippen MR) is 83.2 cm³/mol. The Hall–Kier alpha value is -1.07. The van der Waals surface area contributed by atoms with Gasteiger partial charge in [-0.15, -0.1) is 11.3 Å². The van der Waals surface area contributed by atoms with Crippen LogP contribution < -0.4 is 5.73 Å². The first-order valence-electron chi connectivity index (χ1n) is 7.54. The van der Waals surface area contributed by atoms with Gasteiger partial charge in [-0.3, -0.25) is 9.69 Å². The number of piperidine rings is 1. The Bertz CT molecular complexity index is 474. The summed E-state index contributed by atoms with van der Waals surface area (Å²) >= 11 is 1.52. The van der Waals surface area contributed by atoms with Gasteiger partial charge in [0.15, 0.2) is 0 Å². The van der Waals surface area contributed by atoms with E-state index in [0.29, 0.717) is 6.04 Å². The first-order valence-corrected chi connectivity index (χ1v) is 8.36. The second-order valence-corrected chi connectivity index (χ2v) is 7.17. The maximum Gasteiger partial charge on any atom is 0.264 e. The molecule has 1 atom stereocenters. The van der Waals surface area contributed by atoms with Gasteiger partial charge in [0.2, 0.25) is 0 Å². The van der Waals surface area contributed by atoms with Gasteiger partial charge in [-0.1, -0.05) is 6.42 Å². The third kappa shape index (κ3) is 2.69. The van der Waals surface area contributed by atoms with E-state index in [1.165, 1.54) is 43.7 Å². The highest BCUT2D eigenvalue weighted by Gasteiger charge is 2.31. The molecule has 0 aliphatic carbocycles. The molecule has 3 rings (SSSR count). The van der Waals surface area contributed by atoms with Crippen LogP contribution in [0.5, 0.6) is 0 Å². The fraction of sp³-hybridized carbons (Fsp3) is 0.667. The molecule has 0 spiro atoms. The molecule has 2 aliphatic heterocycles. The summed E-state index contributed by atoms with van der Waals surface area (Å²) in [6.45, 7) is 6.15. The van der Waals surface area contributed by atoms with E-state index in [4.69, 9.17) is 5.73 Å². The topological polar surface area (TPSA) is 49.6 Å². The molecule has 110 valence electrons. The summed E-state index contributed by atoms with van der Waals surface area (Å²) < 4.78 is 0. The molecule has 0 saturated carbocycles. The van der Waals surface area contributed by atoms with E-state index in [-0.39, 0.29) is 5.91 Å². The van der Waals surface area contributed by atoms with Crippen molar-refractivity contribution in [3.63, 3.8) is 0 Å². The summed E-state index contributed by atoms with van der Waals surface area (Å²) in [5.41, 5.74) is 6.59. The molecule has 0 bridgehead atoms. The first-order chi connectivity index (χ1) is 9.65. The van der Waals surface area contributed by atoms with E-state index in [1.54, 1.807) is 0 Å². The molecule has 1 amide bonds. The van der Waals surface area contributed by atoms with Crippen LogP contribution in [0, 0.1) is 6.92 Å². The van der Waals surface area contributed by atoms with Crippen LogP contribution in [0.3, 0.4) is 0 Å². The molecule has 0 aromatic carbocycles. The number of likely N-dealkylation sites (tertiary alicyclic amines) is 2. The number of nitrogens with two attached hydrogens (primary N) is 1. The molecule has 2 fully saturated rings. The van der Waals surface area contributed by atoms with E-state index in [1.807, 2.05) is 17.9 Å². The van der Waals surface area contributed by atoms with Crippen molar-refractivity contribution in [1.82, 2.24) is 9.80 Å². The molecule has 1 aromatic rings. The molecule has 4 nitrogen and oxygen atoms in total. The molecule has 2 aliphatic rings. The largest absolute Gasteiger partial charge is 0.398 e. The molecule has 2 saturated heterocycles. The van der Waals surface area contributed by atoms with Gasteiger partial charge in [-0.2, -0.15) is 0 Å². The van der Waals surface area contributed by atoms with Gasteiger partial charge in [-0.25, -0.2) is 0 Å². The van der Waals surface area contributed by atoms with Gasteiger partial charge in [-0.05, 0) is 45.3 Å². The molecule has 20 heavy (non-hydrogen) atoms. The molecule has 0 radical (unpaired) electrons. The van der Waals surface area contributed by atoms with Crippen LogP contribution in [0.2, 0.25) is 0 Å².